The van der Waals surface area contributed by atoms with E-state index in [4.69, 9.17) is 24.5 Å². The molecule has 6 atom stereocenters. The van der Waals surface area contributed by atoms with Gasteiger partial charge >= 0.3 is 35.4 Å². The van der Waals surface area contributed by atoms with E-state index in [-0.39, 0.29) is 39.1 Å². The van der Waals surface area contributed by atoms with Gasteiger partial charge in [-0.3, -0.25) is 24.3 Å². The first kappa shape index (κ1) is 45.3. The van der Waals surface area contributed by atoms with Crippen LogP contribution in [0.15, 0.2) is 90.3 Å². The zero-order chi connectivity index (χ0) is 43.0. The van der Waals surface area contributed by atoms with E-state index in [1.165, 1.54) is 55.5 Å². The molecule has 0 aliphatic rings. The summed E-state index contributed by atoms with van der Waals surface area (Å²) in [5, 5.41) is 4.82. The number of thioether (sulfide) groups is 1. The third-order valence-corrected chi connectivity index (χ3v) is 12.7. The molecule has 316 valence electrons. The van der Waals surface area contributed by atoms with Crippen LogP contribution >= 0.6 is 35.0 Å². The normalized spacial score (nSPS) is 16.1. The Morgan fingerprint density at radius 1 is 0.847 bits per heavy atom. The van der Waals surface area contributed by atoms with Crippen molar-refractivity contribution in [3.05, 3.63) is 102 Å². The minimum atomic E-state index is -5.84. The standard InChI is InChI=1S/C32H34F2N7O14P3S/c1-19(51-30(42)37-23-12-8-21(33)9-13-23)25(16-50-57(46,47)55-58(48,49)54-56(44,45)17-20-6-4-3-5-7-20)52-32(53-31(43)38-24-14-10-22(34)11-15-24)41-18-36-26-27(35)39-29(59-2)40-28(26)41/h3-15,18-19,25,32H,16-17H2,1-2H3,(H,37,42)(H,38,43)(H,44,45)(H,46,47)(H,48,49)(H2,35,39,40)/t19-,25-,32-/m1/s1. The van der Waals surface area contributed by atoms with Crippen molar-refractivity contribution < 1.29 is 74.1 Å². The van der Waals surface area contributed by atoms with Gasteiger partial charge in [-0.05, 0) is 67.3 Å². The number of halogens is 2. The van der Waals surface area contributed by atoms with E-state index in [1.807, 2.05) is 0 Å². The number of ether oxygens (including phenoxy) is 3. The monoisotopic (exact) mass is 903 g/mol. The van der Waals surface area contributed by atoms with Crippen LogP contribution in [-0.2, 0) is 47.2 Å². The predicted molar refractivity (Wildman–Crippen MR) is 206 cm³/mol. The highest BCUT2D eigenvalue weighted by molar-refractivity contribution is 7.98. The molecule has 0 saturated heterocycles. The summed E-state index contributed by atoms with van der Waals surface area (Å²) in [5.41, 5.74) is 6.38. The Labute approximate surface area is 336 Å². The van der Waals surface area contributed by atoms with Crippen molar-refractivity contribution in [2.75, 3.05) is 29.2 Å². The van der Waals surface area contributed by atoms with E-state index in [2.05, 4.69) is 34.2 Å². The highest BCUT2D eigenvalue weighted by Gasteiger charge is 2.42. The summed E-state index contributed by atoms with van der Waals surface area (Å²) >= 11 is 1.08. The van der Waals surface area contributed by atoms with E-state index in [0.717, 1.165) is 46.9 Å². The number of nitrogens with one attached hydrogen (secondary N) is 2. The molecular weight excluding hydrogens is 869 g/mol. The summed E-state index contributed by atoms with van der Waals surface area (Å²) in [5.74, 6) is -1.30. The van der Waals surface area contributed by atoms with Crippen molar-refractivity contribution in [3.63, 3.8) is 0 Å². The van der Waals surface area contributed by atoms with Gasteiger partial charge in [-0.2, -0.15) is 4.31 Å². The number of imidazole rings is 1. The lowest BCUT2D eigenvalue weighted by atomic mass is 10.2. The van der Waals surface area contributed by atoms with Gasteiger partial charge in [0.1, 0.15) is 35.7 Å². The largest absolute Gasteiger partial charge is 0.488 e. The number of anilines is 3. The highest BCUT2D eigenvalue weighted by atomic mass is 32.2. The Bertz CT molecular complexity index is 2400. The van der Waals surface area contributed by atoms with E-state index >= 15 is 0 Å². The van der Waals surface area contributed by atoms with Crippen molar-refractivity contribution in [1.82, 2.24) is 19.5 Å². The number of amides is 2. The van der Waals surface area contributed by atoms with Crippen LogP contribution in [0.4, 0.5) is 35.6 Å². The van der Waals surface area contributed by atoms with Gasteiger partial charge < -0.3 is 34.6 Å². The lowest BCUT2D eigenvalue weighted by molar-refractivity contribution is -0.206. The van der Waals surface area contributed by atoms with Crippen molar-refractivity contribution in [2.45, 2.75) is 36.9 Å². The quantitative estimate of drug-likeness (QED) is 0.0229. The van der Waals surface area contributed by atoms with Crippen molar-refractivity contribution in [1.29, 1.82) is 0 Å². The number of phosphoric acid groups is 2. The fourth-order valence-electron chi connectivity index (χ4n) is 4.79. The van der Waals surface area contributed by atoms with Gasteiger partial charge in [0.2, 0.25) is 0 Å². The molecule has 0 spiro atoms. The van der Waals surface area contributed by atoms with Gasteiger partial charge in [0.25, 0.3) is 6.41 Å². The predicted octanol–water partition coefficient (Wildman–Crippen LogP) is 6.77. The molecule has 0 bridgehead atoms. The van der Waals surface area contributed by atoms with Crippen LogP contribution in [0.25, 0.3) is 11.2 Å². The van der Waals surface area contributed by atoms with Gasteiger partial charge in [-0.15, -0.1) is 0 Å². The number of nitrogen functional groups attached to an aromatic ring is 1. The van der Waals surface area contributed by atoms with Crippen LogP contribution in [0.1, 0.15) is 18.9 Å². The average Bonchev–Trinajstić information content (AvgIpc) is 3.58. The number of hydrogen-bond acceptors (Lipinski definition) is 16. The maximum Gasteiger partial charge on any atom is 0.488 e. The minimum Gasteiger partial charge on any atom is -0.443 e. The number of rotatable bonds is 18. The lowest BCUT2D eigenvalue weighted by Gasteiger charge is -2.29. The number of benzene rings is 3. The van der Waals surface area contributed by atoms with Gasteiger partial charge in [0, 0.05) is 11.4 Å². The second-order valence-electron chi connectivity index (χ2n) is 11.9. The zero-order valence-corrected chi connectivity index (χ0v) is 33.9. The second-order valence-corrected chi connectivity index (χ2v) is 17.7. The third kappa shape index (κ3) is 13.6. The highest BCUT2D eigenvalue weighted by Crippen LogP contribution is 2.68. The van der Waals surface area contributed by atoms with Crippen LogP contribution < -0.4 is 16.4 Å². The summed E-state index contributed by atoms with van der Waals surface area (Å²) < 4.78 is 96.9. The summed E-state index contributed by atoms with van der Waals surface area (Å²) in [6.07, 6.45) is -5.82. The molecule has 0 radical (unpaired) electrons. The number of nitrogens with zero attached hydrogens (tertiary/aromatic N) is 4. The van der Waals surface area contributed by atoms with Crippen LogP contribution in [0.2, 0.25) is 0 Å². The van der Waals surface area contributed by atoms with Crippen LogP contribution in [0, 0.1) is 11.6 Å². The van der Waals surface area contributed by atoms with Crippen molar-refractivity contribution >= 4 is 75.5 Å². The van der Waals surface area contributed by atoms with E-state index in [0.29, 0.717) is 0 Å². The number of carbonyl (C=O) groups is 2. The minimum absolute atomic E-state index is 0.00936. The van der Waals surface area contributed by atoms with E-state index in [9.17, 15) is 46.7 Å². The van der Waals surface area contributed by atoms with Crippen LogP contribution in [-0.4, -0.2) is 71.5 Å². The van der Waals surface area contributed by atoms with E-state index < -0.39 is 78.5 Å². The number of aromatic nitrogens is 4. The molecule has 21 nitrogen and oxygen atoms in total. The van der Waals surface area contributed by atoms with Gasteiger partial charge in [-0.25, -0.2) is 46.8 Å². The number of hydrogen-bond donors (Lipinski definition) is 6. The van der Waals surface area contributed by atoms with Crippen LogP contribution in [0.5, 0.6) is 0 Å². The first-order valence-corrected chi connectivity index (χ1v) is 22.5. The number of carbonyl (C=O) groups excluding carboxylic acids is 2. The SMILES string of the molecule is CSc1nc(N)c2ncn([C@@H](OC(=O)Nc3ccc(F)cc3)O[C@H](COP(=O)(O)OP(=O)(O)OP(=O)(O)Cc3ccccc3)[C@@H](C)OC(=O)Nc3ccc(F)cc3)c2n1. The number of fused-ring (bicyclic) bond motifs is 1. The van der Waals surface area contributed by atoms with Crippen LogP contribution in [0.3, 0.4) is 0 Å². The lowest BCUT2D eigenvalue weighted by Crippen LogP contribution is -2.39. The summed E-state index contributed by atoms with van der Waals surface area (Å²) in [6.45, 7) is 0.0135. The number of phosphoric ester groups is 1. The Kier molecular flexibility index (Phi) is 14.9. The van der Waals surface area contributed by atoms with Gasteiger partial charge in [0.15, 0.2) is 16.6 Å². The molecule has 5 rings (SSSR count). The Morgan fingerprint density at radius 3 is 2.00 bits per heavy atom. The molecule has 5 aromatic rings. The molecule has 7 N–H and O–H groups in total. The Morgan fingerprint density at radius 2 is 1.42 bits per heavy atom. The second kappa shape index (κ2) is 19.5. The maximum absolute atomic E-state index is 13.5. The maximum atomic E-state index is 13.5. The summed E-state index contributed by atoms with van der Waals surface area (Å²) in [7, 11) is -16.6. The molecule has 59 heavy (non-hydrogen) atoms. The van der Waals surface area contributed by atoms with Crippen molar-refractivity contribution in [2.24, 2.45) is 0 Å². The molecule has 0 aliphatic heterocycles. The number of nitrogens with two attached hydrogens (primary N) is 1. The smallest absolute Gasteiger partial charge is 0.443 e. The fourth-order valence-corrected chi connectivity index (χ4v) is 9.30. The molecule has 2 amide bonds. The molecule has 0 fully saturated rings. The molecule has 0 saturated carbocycles. The molecule has 0 aliphatic carbocycles. The molecule has 3 unspecified atom stereocenters. The summed E-state index contributed by atoms with van der Waals surface area (Å²) in [6, 6.07) is 16.5. The van der Waals surface area contributed by atoms with Gasteiger partial charge in [0.05, 0.1) is 12.8 Å². The Balaban J connectivity index is 1.42. The first-order chi connectivity index (χ1) is 27.8. The molecule has 2 aromatic heterocycles. The summed E-state index contributed by atoms with van der Waals surface area (Å²) in [4.78, 5) is 69.6. The fraction of sp³-hybridized carbons (Fsp3) is 0.219. The first-order valence-electron chi connectivity index (χ1n) is 16.5. The third-order valence-electron chi connectivity index (χ3n) is 7.40. The average molecular weight is 904 g/mol. The molecular formula is C32H34F2N7O14P3S. The van der Waals surface area contributed by atoms with Gasteiger partial charge in [-0.1, -0.05) is 42.1 Å². The molecule has 3 aromatic carbocycles. The van der Waals surface area contributed by atoms with Crippen molar-refractivity contribution in [3.8, 4) is 0 Å². The topological polar surface area (TPSA) is 295 Å². The van der Waals surface area contributed by atoms with E-state index in [1.54, 1.807) is 12.3 Å². The zero-order valence-electron chi connectivity index (χ0n) is 30.4. The molecule has 27 heteroatoms. The Hall–Kier alpha value is -4.83. The molecule has 2 heterocycles.